The molecule has 4 aliphatic carbocycles. The van der Waals surface area contributed by atoms with Crippen molar-refractivity contribution in [3.63, 3.8) is 0 Å². The van der Waals surface area contributed by atoms with Crippen molar-refractivity contribution < 1.29 is 18.8 Å². The van der Waals surface area contributed by atoms with Gasteiger partial charge in [0.1, 0.15) is 5.78 Å². The van der Waals surface area contributed by atoms with Gasteiger partial charge in [-0.15, -0.1) is 0 Å². The minimum Gasteiger partial charge on any atom is -0.547 e. The van der Waals surface area contributed by atoms with Crippen LogP contribution < -0.4 is 0 Å². The Morgan fingerprint density at radius 2 is 1.20 bits per heavy atom. The number of carbonyl (C=O) groups excluding carboxylic acids is 3. The van der Waals surface area contributed by atoms with Gasteiger partial charge in [-0.25, -0.2) is 0 Å². The topological polar surface area (TPSA) is 60.4 Å². The molecule has 0 amide bonds. The van der Waals surface area contributed by atoms with E-state index in [0.29, 0.717) is 19.3 Å². The zero-order chi connectivity index (χ0) is 31.7. The van der Waals surface area contributed by atoms with E-state index < -0.39 is 8.32 Å². The Labute approximate surface area is 274 Å². The largest absolute Gasteiger partial charge is 0.547 e. The van der Waals surface area contributed by atoms with E-state index in [1.807, 2.05) is 72.8 Å². The number of hydrogen-bond acceptors (Lipinski definition) is 4. The average molecular weight is 678 g/mol. The smallest absolute Gasteiger partial charge is 0.241 e. The molecule has 4 aromatic rings. The molecule has 45 heavy (non-hydrogen) atoms. The van der Waals surface area contributed by atoms with Crippen LogP contribution in [-0.4, -0.2) is 25.7 Å². The number of fused-ring (bicyclic) bond motifs is 4. The molecule has 0 N–H and O–H groups in total. The number of allylic oxidation sites excluding steroid dienone is 1. The molecule has 228 valence electrons. The summed E-state index contributed by atoms with van der Waals surface area (Å²) in [7, 11) is -1.43. The van der Waals surface area contributed by atoms with Crippen molar-refractivity contribution in [3.05, 3.63) is 147 Å². The summed E-state index contributed by atoms with van der Waals surface area (Å²) in [5, 5.41) is 0. The number of alkyl halides is 1. The van der Waals surface area contributed by atoms with Gasteiger partial charge < -0.3 is 4.43 Å². The molecular weight excluding hydrogens is 640 g/mol. The van der Waals surface area contributed by atoms with Crippen LogP contribution in [0.15, 0.2) is 103 Å². The number of halogens is 1. The van der Waals surface area contributed by atoms with E-state index in [1.165, 1.54) is 11.1 Å². The van der Waals surface area contributed by atoms with E-state index in [4.69, 9.17) is 4.43 Å². The van der Waals surface area contributed by atoms with Crippen molar-refractivity contribution in [1.82, 2.24) is 0 Å². The van der Waals surface area contributed by atoms with Crippen LogP contribution in [0.4, 0.5) is 0 Å². The second-order valence-corrected chi connectivity index (χ2v) is 18.6. The maximum Gasteiger partial charge on any atom is 0.241 e. The molecule has 4 aliphatic rings. The van der Waals surface area contributed by atoms with Crippen LogP contribution in [0.2, 0.25) is 19.6 Å². The van der Waals surface area contributed by atoms with Crippen LogP contribution in [0.1, 0.15) is 83.6 Å². The van der Waals surface area contributed by atoms with E-state index in [1.54, 1.807) is 0 Å². The van der Waals surface area contributed by atoms with Crippen LogP contribution >= 0.6 is 15.9 Å². The van der Waals surface area contributed by atoms with Gasteiger partial charge in [0.05, 0.1) is 11.7 Å². The Kier molecular flexibility index (Phi) is 8.89. The summed E-state index contributed by atoms with van der Waals surface area (Å²) < 4.78 is 5.98. The van der Waals surface area contributed by atoms with E-state index in [-0.39, 0.29) is 34.0 Å². The molecule has 0 spiro atoms. The maximum absolute atomic E-state index is 12.4. The summed E-state index contributed by atoms with van der Waals surface area (Å²) in [6, 6.07) is 32.0. The Morgan fingerprint density at radius 3 is 1.87 bits per heavy atom. The summed E-state index contributed by atoms with van der Waals surface area (Å²) in [6.07, 6.45) is 4.73. The zero-order valence-electron chi connectivity index (χ0n) is 25.9. The van der Waals surface area contributed by atoms with Gasteiger partial charge in [-0.2, -0.15) is 0 Å². The molecule has 0 radical (unpaired) electrons. The molecule has 3 atom stereocenters. The van der Waals surface area contributed by atoms with Gasteiger partial charge in [0.2, 0.25) is 8.32 Å². The average Bonchev–Trinajstić information content (AvgIpc) is 3.74. The predicted octanol–water partition coefficient (Wildman–Crippen LogP) is 9.41. The number of benzene rings is 4. The minimum atomic E-state index is -1.43. The van der Waals surface area contributed by atoms with Gasteiger partial charge in [-0.05, 0) is 59.1 Å². The first-order valence-electron chi connectivity index (χ1n) is 15.6. The number of ketones is 3. The van der Waals surface area contributed by atoms with Crippen molar-refractivity contribution in [3.8, 4) is 0 Å². The highest BCUT2D eigenvalue weighted by molar-refractivity contribution is 9.09. The Bertz CT molecular complexity index is 1820. The van der Waals surface area contributed by atoms with E-state index in [0.717, 1.165) is 45.6 Å². The standard InChI is InChI=1S/C18H14O2.C12H16OSi.C9H7BrO/c19-16-10-15(13-7-3-4-8-14(13)16)18-12-6-2-1-5-11(12)9-17(18)20;1-14(2,3)13-12-8-10-6-4-5-7-11(10)9-12;10-8-5-9(11)7-4-2-1-3-6(7)8/h1-8,15,18H,9-10H2;4-8H,9H2,1-3H3;1-4,8H,5H2. The van der Waals surface area contributed by atoms with Gasteiger partial charge in [0.25, 0.3) is 0 Å². The summed E-state index contributed by atoms with van der Waals surface area (Å²) in [4.78, 5) is 36.1. The van der Waals surface area contributed by atoms with Gasteiger partial charge in [0.15, 0.2) is 11.6 Å². The highest BCUT2D eigenvalue weighted by Crippen LogP contribution is 2.47. The molecule has 0 aliphatic heterocycles. The third-order valence-electron chi connectivity index (χ3n) is 8.71. The third-order valence-corrected chi connectivity index (χ3v) is 10.4. The molecule has 0 fully saturated rings. The SMILES string of the molecule is C[Si](C)(C)OC1=Cc2ccccc2C1.O=C1CC(Br)c2ccccc21.O=C1CC(C2C(=O)Cc3ccccc32)c2ccccc21. The van der Waals surface area contributed by atoms with Crippen molar-refractivity contribution >= 4 is 47.7 Å². The fraction of sp³-hybridized carbons (Fsp3) is 0.256. The number of rotatable bonds is 3. The summed E-state index contributed by atoms with van der Waals surface area (Å²) >= 11 is 3.46. The normalized spacial score (nSPS) is 20.6. The molecule has 3 unspecified atom stereocenters. The number of hydrogen-bond donors (Lipinski definition) is 0. The van der Waals surface area contributed by atoms with Crippen molar-refractivity contribution in [2.45, 2.75) is 62.0 Å². The first-order valence-corrected chi connectivity index (χ1v) is 19.9. The van der Waals surface area contributed by atoms with Crippen LogP contribution in [-0.2, 0) is 22.1 Å². The Balaban J connectivity index is 0.000000125. The van der Waals surface area contributed by atoms with Crippen molar-refractivity contribution in [2.24, 2.45) is 0 Å². The van der Waals surface area contributed by atoms with E-state index in [9.17, 15) is 14.4 Å². The van der Waals surface area contributed by atoms with Crippen molar-refractivity contribution in [2.75, 3.05) is 0 Å². The van der Waals surface area contributed by atoms with Crippen LogP contribution in [0, 0.1) is 0 Å². The molecule has 0 heterocycles. The highest BCUT2D eigenvalue weighted by atomic mass is 79.9. The summed E-state index contributed by atoms with van der Waals surface area (Å²) in [5.41, 5.74) is 8.82. The molecule has 0 saturated carbocycles. The molecule has 0 aromatic heterocycles. The molecule has 0 saturated heterocycles. The van der Waals surface area contributed by atoms with Gasteiger partial charge in [0, 0.05) is 47.6 Å². The molecule has 6 heteroatoms. The molecule has 4 nitrogen and oxygen atoms in total. The van der Waals surface area contributed by atoms with Crippen LogP contribution in [0.25, 0.3) is 6.08 Å². The van der Waals surface area contributed by atoms with Crippen LogP contribution in [0.3, 0.4) is 0 Å². The lowest BCUT2D eigenvalue weighted by Gasteiger charge is -2.19. The number of carbonyl (C=O) groups is 3. The van der Waals surface area contributed by atoms with E-state index >= 15 is 0 Å². The second-order valence-electron chi connectivity index (χ2n) is 13.0. The van der Waals surface area contributed by atoms with Gasteiger partial charge in [-0.3, -0.25) is 14.4 Å². The lowest BCUT2D eigenvalue weighted by molar-refractivity contribution is -0.119. The van der Waals surface area contributed by atoms with Crippen molar-refractivity contribution in [1.29, 1.82) is 0 Å². The summed E-state index contributed by atoms with van der Waals surface area (Å²) in [6.45, 7) is 6.66. The quantitative estimate of drug-likeness (QED) is 0.160. The molecule has 0 bridgehead atoms. The number of Topliss-reactive ketones (excluding diaryl/α,β-unsaturated/α-hetero) is 3. The second kappa shape index (κ2) is 12.9. The van der Waals surface area contributed by atoms with Gasteiger partial charge >= 0.3 is 0 Å². The van der Waals surface area contributed by atoms with Gasteiger partial charge in [-0.1, -0.05) is 113 Å². The fourth-order valence-electron chi connectivity index (χ4n) is 6.82. The first kappa shape index (κ1) is 31.1. The lowest BCUT2D eigenvalue weighted by atomic mass is 9.83. The summed E-state index contributed by atoms with van der Waals surface area (Å²) in [5.74, 6) is 1.70. The predicted molar refractivity (Wildman–Crippen MR) is 186 cm³/mol. The minimum absolute atomic E-state index is 0.0230. The Morgan fingerprint density at radius 1 is 0.644 bits per heavy atom. The molecular formula is C39H37BrO4Si. The maximum atomic E-state index is 12.4. The third kappa shape index (κ3) is 6.73. The zero-order valence-corrected chi connectivity index (χ0v) is 28.5. The van der Waals surface area contributed by atoms with E-state index in [2.05, 4.69) is 65.9 Å². The molecule has 4 aromatic carbocycles. The monoisotopic (exact) mass is 676 g/mol. The van der Waals surface area contributed by atoms with Crippen LogP contribution in [0.5, 0.6) is 0 Å². The lowest BCUT2D eigenvalue weighted by Crippen LogP contribution is -2.24. The first-order chi connectivity index (χ1) is 21.6. The highest BCUT2D eigenvalue weighted by Gasteiger charge is 2.42. The fourth-order valence-corrected chi connectivity index (χ4v) is 8.43. The Hall–Kier alpha value is -3.87. The molecule has 8 rings (SSSR count).